The third-order valence-corrected chi connectivity index (χ3v) is 5.92. The summed E-state index contributed by atoms with van der Waals surface area (Å²) in [5.41, 5.74) is 53.7. The molecular formula is C25H41N19O8. The maximum atomic E-state index is 13.4. The molecule has 0 aliphatic carbocycles. The number of ketones is 1. The molecule has 27 heteroatoms. The van der Waals surface area contributed by atoms with Crippen molar-refractivity contribution < 1.29 is 38.7 Å². The van der Waals surface area contributed by atoms with E-state index in [-0.39, 0.29) is 5.56 Å². The van der Waals surface area contributed by atoms with E-state index in [0.717, 1.165) is 6.92 Å². The highest BCUT2D eigenvalue weighted by molar-refractivity contribution is 6.08. The average Bonchev–Trinajstić information content (AvgIpc) is 3.04. The van der Waals surface area contributed by atoms with Crippen LogP contribution >= 0.6 is 0 Å². The zero-order valence-electron chi connectivity index (χ0n) is 27.3. The number of aliphatic imine (C=N–C) groups is 4. The Morgan fingerprint density at radius 2 is 0.885 bits per heavy atom. The first kappa shape index (κ1) is 42.7. The Morgan fingerprint density at radius 3 is 1.23 bits per heavy atom. The van der Waals surface area contributed by atoms with Crippen LogP contribution in [0.1, 0.15) is 18.5 Å². The molecule has 6 amide bonds. The average molecular weight is 736 g/mol. The second-order valence-corrected chi connectivity index (χ2v) is 10.2. The van der Waals surface area contributed by atoms with E-state index >= 15 is 0 Å². The van der Waals surface area contributed by atoms with Crippen LogP contribution in [0, 0.1) is 0 Å². The van der Waals surface area contributed by atoms with E-state index in [9.17, 15) is 38.7 Å². The van der Waals surface area contributed by atoms with Gasteiger partial charge in [-0.15, -0.1) is 0 Å². The Kier molecular flexibility index (Phi) is 16.1. The number of nitrogens with zero attached hydrogens (tertiary/aromatic N) is 4. The number of benzene rings is 1. The SMILES string of the molecule is CC(O)C(=O)NC(C(=O)NC(N=C(N)N)C(=O)NC(N=C(N)N)C(=O)NC(N=C(N)N)C(=O)NC(N=C(N)N)C(=O)C(N)C(N)=O)c1ccccc1. The number of carbonyl (C=O) groups is 7. The van der Waals surface area contributed by atoms with Crippen LogP contribution in [0.2, 0.25) is 0 Å². The maximum Gasteiger partial charge on any atom is 0.267 e. The minimum absolute atomic E-state index is 0.208. The summed E-state index contributed by atoms with van der Waals surface area (Å²) in [6.45, 7) is 1.14. The molecule has 1 aromatic rings. The van der Waals surface area contributed by atoms with Crippen LogP contribution in [0.4, 0.5) is 0 Å². The van der Waals surface area contributed by atoms with E-state index in [1.54, 1.807) is 6.07 Å². The Hall–Kier alpha value is -7.29. The molecule has 1 rings (SSSR count). The predicted molar refractivity (Wildman–Crippen MR) is 182 cm³/mol. The molecule has 0 heterocycles. The molecule has 0 bridgehead atoms. The van der Waals surface area contributed by atoms with Crippen LogP contribution in [-0.4, -0.2) is 107 Å². The van der Waals surface area contributed by atoms with Crippen molar-refractivity contribution in [1.82, 2.24) is 26.6 Å². The lowest BCUT2D eigenvalue weighted by Gasteiger charge is -2.24. The van der Waals surface area contributed by atoms with Gasteiger partial charge in [0, 0.05) is 0 Å². The molecule has 26 N–H and O–H groups in total. The van der Waals surface area contributed by atoms with Gasteiger partial charge in [-0.3, -0.25) is 33.6 Å². The van der Waals surface area contributed by atoms with Gasteiger partial charge in [0.2, 0.25) is 42.0 Å². The molecule has 0 saturated carbocycles. The third-order valence-electron chi connectivity index (χ3n) is 5.92. The molecule has 0 aliphatic heterocycles. The van der Waals surface area contributed by atoms with Crippen LogP contribution in [0.25, 0.3) is 0 Å². The molecule has 0 aromatic heterocycles. The van der Waals surface area contributed by atoms with Gasteiger partial charge in [-0.2, -0.15) is 0 Å². The molecule has 0 aliphatic rings. The predicted octanol–water partition coefficient (Wildman–Crippen LogP) is -10.5. The van der Waals surface area contributed by atoms with E-state index in [2.05, 4.69) is 30.6 Å². The largest absolute Gasteiger partial charge is 0.384 e. The Bertz CT molecular complexity index is 1610. The molecule has 0 saturated heterocycles. The summed E-state index contributed by atoms with van der Waals surface area (Å²) < 4.78 is 0. The zero-order chi connectivity index (χ0) is 39.9. The van der Waals surface area contributed by atoms with Gasteiger partial charge in [0.05, 0.1) is 0 Å². The molecule has 52 heavy (non-hydrogen) atoms. The standard InChI is InChI=1S/C25H41N19O8/c1-7(45)17(48)36-10(8-5-3-2-4-6-8)18(49)38-14(42-23(30)31)20(51)40-16(44-25(34)35)21(52)39-15(43-24(32)33)19(50)37-13(41-22(28)29)11(46)9(26)12(27)47/h2-7,9-10,13-16,45H,26H2,1H3,(H2,27,47)(H,36,48)(H,37,50)(H,38,49)(H,39,52)(H,40,51)(H4,28,29,41)(H4,30,31,42)(H4,32,33,43)(H4,34,35,44). The number of nitrogens with two attached hydrogens (primary N) is 10. The molecule has 7 atom stereocenters. The molecule has 0 radical (unpaired) electrons. The number of aliphatic hydroxyl groups excluding tert-OH is 1. The van der Waals surface area contributed by atoms with Crippen molar-refractivity contribution >= 4 is 65.1 Å². The van der Waals surface area contributed by atoms with Crippen LogP contribution in [-0.2, 0) is 33.6 Å². The summed E-state index contributed by atoms with van der Waals surface area (Å²) >= 11 is 0. The number of rotatable bonds is 18. The third kappa shape index (κ3) is 14.1. The summed E-state index contributed by atoms with van der Waals surface area (Å²) in [5.74, 6) is -11.9. The van der Waals surface area contributed by atoms with Gasteiger partial charge in [-0.1, -0.05) is 30.3 Å². The lowest BCUT2D eigenvalue weighted by molar-refractivity contribution is -0.136. The number of hydrogen-bond donors (Lipinski definition) is 16. The number of primary amides is 1. The number of amides is 6. The van der Waals surface area contributed by atoms with Gasteiger partial charge in [0.15, 0.2) is 30.0 Å². The molecular weight excluding hydrogens is 694 g/mol. The first-order chi connectivity index (χ1) is 24.1. The summed E-state index contributed by atoms with van der Waals surface area (Å²) in [4.78, 5) is 104. The van der Waals surface area contributed by atoms with Gasteiger partial charge in [-0.25, -0.2) is 20.0 Å². The molecule has 284 valence electrons. The second kappa shape index (κ2) is 19.6. The topological polar surface area (TPSA) is 510 Å². The van der Waals surface area contributed by atoms with Crippen molar-refractivity contribution in [2.45, 2.75) is 49.8 Å². The lowest BCUT2D eigenvalue weighted by atomic mass is 10.1. The van der Waals surface area contributed by atoms with Crippen LogP contribution in [0.5, 0.6) is 0 Å². The fourth-order valence-electron chi connectivity index (χ4n) is 3.61. The summed E-state index contributed by atoms with van der Waals surface area (Å²) in [6.07, 6.45) is -9.90. The Morgan fingerprint density at radius 1 is 0.538 bits per heavy atom. The minimum atomic E-state index is -2.14. The number of carbonyl (C=O) groups excluding carboxylic acids is 7. The fourth-order valence-corrected chi connectivity index (χ4v) is 3.61. The molecule has 27 nitrogen and oxygen atoms in total. The van der Waals surface area contributed by atoms with E-state index in [0.29, 0.717) is 0 Å². The highest BCUT2D eigenvalue weighted by atomic mass is 16.3. The van der Waals surface area contributed by atoms with Crippen molar-refractivity contribution in [2.24, 2.45) is 77.3 Å². The van der Waals surface area contributed by atoms with E-state index in [4.69, 9.17) is 57.3 Å². The summed E-state index contributed by atoms with van der Waals surface area (Å²) in [5, 5.41) is 20.1. The second-order valence-electron chi connectivity index (χ2n) is 10.2. The quantitative estimate of drug-likeness (QED) is 0.0378. The van der Waals surface area contributed by atoms with Crippen molar-refractivity contribution in [2.75, 3.05) is 0 Å². The number of hydrogen-bond acceptors (Lipinski definition) is 13. The van der Waals surface area contributed by atoms with E-state index in [1.165, 1.54) is 24.3 Å². The Balaban J connectivity index is 3.43. The van der Waals surface area contributed by atoms with Crippen molar-refractivity contribution in [3.63, 3.8) is 0 Å². The Labute approximate surface area is 293 Å². The van der Waals surface area contributed by atoms with Gasteiger partial charge < -0.3 is 89.0 Å². The number of aliphatic hydroxyl groups is 1. The van der Waals surface area contributed by atoms with Crippen molar-refractivity contribution in [1.29, 1.82) is 0 Å². The summed E-state index contributed by atoms with van der Waals surface area (Å²) in [7, 11) is 0. The normalized spacial score (nSPS) is 14.4. The van der Waals surface area contributed by atoms with E-state index < -0.39 is 108 Å². The molecule has 7 unspecified atom stereocenters. The molecule has 0 fully saturated rings. The molecule has 1 aromatic carbocycles. The van der Waals surface area contributed by atoms with Gasteiger partial charge >= 0.3 is 0 Å². The van der Waals surface area contributed by atoms with Crippen LogP contribution in [0.3, 0.4) is 0 Å². The van der Waals surface area contributed by atoms with E-state index in [1.807, 2.05) is 16.0 Å². The smallest absolute Gasteiger partial charge is 0.267 e. The fraction of sp³-hybridized carbons (Fsp3) is 0.320. The first-order valence-corrected chi connectivity index (χ1v) is 14.3. The first-order valence-electron chi connectivity index (χ1n) is 14.3. The number of nitrogens with one attached hydrogen (secondary N) is 5. The molecule has 0 spiro atoms. The summed E-state index contributed by atoms with van der Waals surface area (Å²) in [6, 6.07) is 4.08. The van der Waals surface area contributed by atoms with Crippen LogP contribution < -0.4 is 83.9 Å². The lowest BCUT2D eigenvalue weighted by Crippen LogP contribution is -2.59. The van der Waals surface area contributed by atoms with Gasteiger partial charge in [0.1, 0.15) is 18.2 Å². The van der Waals surface area contributed by atoms with Crippen LogP contribution in [0.15, 0.2) is 50.3 Å². The maximum absolute atomic E-state index is 13.4. The highest BCUT2D eigenvalue weighted by Gasteiger charge is 2.35. The zero-order valence-corrected chi connectivity index (χ0v) is 27.3. The number of guanidine groups is 4. The van der Waals surface area contributed by atoms with Gasteiger partial charge in [-0.05, 0) is 12.5 Å². The van der Waals surface area contributed by atoms with Gasteiger partial charge in [0.25, 0.3) is 17.7 Å². The minimum Gasteiger partial charge on any atom is -0.384 e. The number of Topliss-reactive ketones (excluding diaryl/α,β-unsaturated/α-hetero) is 1. The van der Waals surface area contributed by atoms with Crippen molar-refractivity contribution in [3.8, 4) is 0 Å². The highest BCUT2D eigenvalue weighted by Crippen LogP contribution is 2.14. The van der Waals surface area contributed by atoms with Crippen molar-refractivity contribution in [3.05, 3.63) is 35.9 Å². The monoisotopic (exact) mass is 735 g/mol.